The molecule has 2 rings (SSSR count). The first-order chi connectivity index (χ1) is 10.4. The number of phenols is 1. The summed E-state index contributed by atoms with van der Waals surface area (Å²) in [5.41, 5.74) is 1.12. The van der Waals surface area contributed by atoms with E-state index in [1.807, 2.05) is 0 Å². The summed E-state index contributed by atoms with van der Waals surface area (Å²) < 4.78 is 25.4. The Hall–Kier alpha value is -2.26. The van der Waals surface area contributed by atoms with Crippen LogP contribution in [0.4, 0.5) is 5.69 Å². The van der Waals surface area contributed by atoms with Gasteiger partial charge >= 0.3 is 0 Å². The fraction of sp³-hybridized carbons (Fsp3) is 0.0769. The molecule has 1 aromatic carbocycles. The Kier molecular flexibility index (Phi) is 4.57. The molecule has 1 heterocycles. The number of hydrogen-bond acceptors (Lipinski definition) is 6. The van der Waals surface area contributed by atoms with Crippen LogP contribution in [-0.2, 0) is 10.0 Å². The smallest absolute Gasteiger partial charge is 0.229 e. The number of benzene rings is 1. The Labute approximate surface area is 132 Å². The number of nitrogens with one attached hydrogen (secondary N) is 2. The van der Waals surface area contributed by atoms with Gasteiger partial charge in [0.2, 0.25) is 10.0 Å². The maximum absolute atomic E-state index is 11.5. The normalized spacial score (nSPS) is 11.1. The lowest BCUT2D eigenvalue weighted by molar-refractivity contribution is 0.461. The summed E-state index contributed by atoms with van der Waals surface area (Å²) in [6, 6.07) is 1.51. The van der Waals surface area contributed by atoms with Gasteiger partial charge in [0.25, 0.3) is 0 Å². The maximum Gasteiger partial charge on any atom is 0.229 e. The van der Waals surface area contributed by atoms with E-state index in [0.717, 1.165) is 18.0 Å². The highest BCUT2D eigenvalue weighted by Crippen LogP contribution is 2.41. The molecule has 116 valence electrons. The SMILES string of the molecule is C=Cc1c(NS(C)(=O)=O)cc(Sc2ncn[nH]2)c(O)c1C=C. The zero-order valence-electron chi connectivity index (χ0n) is 11.7. The zero-order valence-corrected chi connectivity index (χ0v) is 13.3. The summed E-state index contributed by atoms with van der Waals surface area (Å²) in [5.74, 6) is -0.0367. The fourth-order valence-electron chi connectivity index (χ4n) is 1.82. The van der Waals surface area contributed by atoms with E-state index in [-0.39, 0.29) is 5.75 Å². The Balaban J connectivity index is 2.61. The minimum atomic E-state index is -3.49. The predicted octanol–water partition coefficient (Wildman–Crippen LogP) is 2.32. The van der Waals surface area contributed by atoms with Gasteiger partial charge in [0, 0.05) is 11.1 Å². The zero-order chi connectivity index (χ0) is 16.3. The summed E-state index contributed by atoms with van der Waals surface area (Å²) >= 11 is 1.11. The molecule has 0 unspecified atom stereocenters. The minimum absolute atomic E-state index is 0.0367. The van der Waals surface area contributed by atoms with Crippen molar-refractivity contribution in [1.29, 1.82) is 0 Å². The van der Waals surface area contributed by atoms with E-state index in [1.54, 1.807) is 0 Å². The summed E-state index contributed by atoms with van der Waals surface area (Å²) in [6.45, 7) is 7.29. The van der Waals surface area contributed by atoms with Gasteiger partial charge in [-0.3, -0.25) is 9.82 Å². The number of hydrogen-bond donors (Lipinski definition) is 3. The highest BCUT2D eigenvalue weighted by molar-refractivity contribution is 7.99. The van der Waals surface area contributed by atoms with Gasteiger partial charge in [-0.1, -0.05) is 25.3 Å². The van der Waals surface area contributed by atoms with E-state index in [4.69, 9.17) is 0 Å². The first-order valence-electron chi connectivity index (χ1n) is 6.01. The first kappa shape index (κ1) is 16.1. The molecule has 0 bridgehead atoms. The van der Waals surface area contributed by atoms with E-state index in [2.05, 4.69) is 33.1 Å². The monoisotopic (exact) mass is 338 g/mol. The van der Waals surface area contributed by atoms with Crippen molar-refractivity contribution in [2.75, 3.05) is 11.0 Å². The van der Waals surface area contributed by atoms with E-state index >= 15 is 0 Å². The molecule has 1 aromatic heterocycles. The molecule has 0 radical (unpaired) electrons. The summed E-state index contributed by atoms with van der Waals surface area (Å²) in [6.07, 6.45) is 5.27. The Morgan fingerprint density at radius 3 is 2.55 bits per heavy atom. The molecule has 9 heteroatoms. The number of phenolic OH excluding ortho intramolecular Hbond substituents is 1. The number of sulfonamides is 1. The number of aromatic hydroxyl groups is 1. The summed E-state index contributed by atoms with van der Waals surface area (Å²) in [7, 11) is -3.49. The maximum atomic E-state index is 11.5. The van der Waals surface area contributed by atoms with Crippen LogP contribution >= 0.6 is 11.8 Å². The van der Waals surface area contributed by atoms with Crippen LogP contribution in [-0.4, -0.2) is 35.0 Å². The van der Waals surface area contributed by atoms with Gasteiger partial charge in [-0.05, 0) is 17.8 Å². The number of nitrogens with zero attached hydrogens (tertiary/aromatic N) is 2. The number of anilines is 1. The van der Waals surface area contributed by atoms with Crippen molar-refractivity contribution in [1.82, 2.24) is 15.2 Å². The minimum Gasteiger partial charge on any atom is -0.506 e. The average Bonchev–Trinajstić information content (AvgIpc) is 2.93. The second-order valence-corrected chi connectivity index (χ2v) is 7.05. The third-order valence-corrected chi connectivity index (χ3v) is 4.16. The van der Waals surface area contributed by atoms with E-state index in [9.17, 15) is 13.5 Å². The van der Waals surface area contributed by atoms with Crippen LogP contribution in [0.1, 0.15) is 11.1 Å². The molecule has 0 aliphatic carbocycles. The van der Waals surface area contributed by atoms with Crippen LogP contribution < -0.4 is 4.72 Å². The molecular weight excluding hydrogens is 324 g/mol. The molecule has 0 saturated heterocycles. The fourth-order valence-corrected chi connectivity index (χ4v) is 3.18. The lowest BCUT2D eigenvalue weighted by atomic mass is 10.0. The first-order valence-corrected chi connectivity index (χ1v) is 8.72. The molecule has 0 amide bonds. The molecule has 0 fully saturated rings. The molecule has 7 nitrogen and oxygen atoms in total. The van der Waals surface area contributed by atoms with Crippen LogP contribution in [0.15, 0.2) is 35.6 Å². The average molecular weight is 338 g/mol. The molecule has 0 saturated carbocycles. The second-order valence-electron chi connectivity index (χ2n) is 4.27. The van der Waals surface area contributed by atoms with E-state index in [0.29, 0.717) is 26.9 Å². The molecular formula is C13H14N4O3S2. The third-order valence-electron chi connectivity index (χ3n) is 2.65. The van der Waals surface area contributed by atoms with Gasteiger partial charge in [-0.2, -0.15) is 5.10 Å². The number of aromatic amines is 1. The van der Waals surface area contributed by atoms with Crippen LogP contribution in [0, 0.1) is 0 Å². The highest BCUT2D eigenvalue weighted by Gasteiger charge is 2.17. The van der Waals surface area contributed by atoms with Gasteiger partial charge in [0.05, 0.1) is 16.8 Å². The van der Waals surface area contributed by atoms with Gasteiger partial charge < -0.3 is 5.11 Å². The summed E-state index contributed by atoms with van der Waals surface area (Å²) in [5, 5.41) is 17.2. The molecule has 2 aromatic rings. The molecule has 0 spiro atoms. The van der Waals surface area contributed by atoms with Crippen molar-refractivity contribution < 1.29 is 13.5 Å². The van der Waals surface area contributed by atoms with Crippen molar-refractivity contribution >= 4 is 39.6 Å². The quantitative estimate of drug-likeness (QED) is 0.698. The molecule has 0 aliphatic heterocycles. The van der Waals surface area contributed by atoms with Crippen molar-refractivity contribution in [3.05, 3.63) is 36.7 Å². The van der Waals surface area contributed by atoms with Crippen molar-refractivity contribution in [2.45, 2.75) is 10.1 Å². The number of H-pyrrole nitrogens is 1. The van der Waals surface area contributed by atoms with Gasteiger partial charge in [-0.25, -0.2) is 13.4 Å². The van der Waals surface area contributed by atoms with Crippen molar-refractivity contribution in [3.8, 4) is 5.75 Å². The second kappa shape index (κ2) is 6.24. The molecule has 0 aliphatic rings. The molecule has 22 heavy (non-hydrogen) atoms. The Bertz CT molecular complexity index is 814. The largest absolute Gasteiger partial charge is 0.506 e. The lowest BCUT2D eigenvalue weighted by Crippen LogP contribution is -2.11. The molecule has 3 N–H and O–H groups in total. The van der Waals surface area contributed by atoms with Crippen LogP contribution in [0.5, 0.6) is 5.75 Å². The standard InChI is InChI=1S/C13H14N4O3S2/c1-4-8-9(5-2)12(18)11(21-13-14-7-15-16-13)6-10(8)17-22(3,19)20/h4-7,17-18H,1-2H2,3H3,(H,14,15,16). The van der Waals surface area contributed by atoms with Crippen molar-refractivity contribution in [2.24, 2.45) is 0 Å². The lowest BCUT2D eigenvalue weighted by Gasteiger charge is -2.15. The molecule has 0 atom stereocenters. The number of rotatable bonds is 6. The number of aromatic nitrogens is 3. The van der Waals surface area contributed by atoms with E-state index < -0.39 is 10.0 Å². The highest BCUT2D eigenvalue weighted by atomic mass is 32.2. The van der Waals surface area contributed by atoms with Crippen LogP contribution in [0.3, 0.4) is 0 Å². The van der Waals surface area contributed by atoms with E-state index in [1.165, 1.54) is 24.5 Å². The van der Waals surface area contributed by atoms with Gasteiger partial charge in [-0.15, -0.1) is 0 Å². The Morgan fingerprint density at radius 2 is 2.05 bits per heavy atom. The van der Waals surface area contributed by atoms with Crippen LogP contribution in [0.25, 0.3) is 12.2 Å². The third kappa shape index (κ3) is 3.49. The van der Waals surface area contributed by atoms with Gasteiger partial charge in [0.1, 0.15) is 12.1 Å². The van der Waals surface area contributed by atoms with Gasteiger partial charge in [0.15, 0.2) is 5.16 Å². The summed E-state index contributed by atoms with van der Waals surface area (Å²) in [4.78, 5) is 4.36. The predicted molar refractivity (Wildman–Crippen MR) is 87.3 cm³/mol. The van der Waals surface area contributed by atoms with Crippen LogP contribution in [0.2, 0.25) is 0 Å². The topological polar surface area (TPSA) is 108 Å². The van der Waals surface area contributed by atoms with Crippen molar-refractivity contribution in [3.63, 3.8) is 0 Å². The Morgan fingerprint density at radius 1 is 1.36 bits per heavy atom.